The molecule has 1 N–H and O–H groups in total. The van der Waals surface area contributed by atoms with Gasteiger partial charge >= 0.3 is 0 Å². The highest BCUT2D eigenvalue weighted by atomic mass is 15.1. The van der Waals surface area contributed by atoms with Gasteiger partial charge in [-0.3, -0.25) is 4.90 Å². The Balaban J connectivity index is 2.25. The Labute approximate surface area is 88.9 Å². The summed E-state index contributed by atoms with van der Waals surface area (Å²) in [6, 6.07) is 10.3. The van der Waals surface area contributed by atoms with Crippen LogP contribution in [0.15, 0.2) is 30.5 Å². The van der Waals surface area contributed by atoms with Gasteiger partial charge in [0.2, 0.25) is 0 Å². The van der Waals surface area contributed by atoms with Crippen molar-refractivity contribution in [2.75, 3.05) is 13.6 Å². The minimum Gasteiger partial charge on any atom is -0.361 e. The number of benzene rings is 1. The minimum atomic E-state index is 0.458. The topological polar surface area (TPSA) is 42.8 Å². The number of hydrogen-bond acceptors (Lipinski definition) is 2. The van der Waals surface area contributed by atoms with Gasteiger partial charge in [0, 0.05) is 23.6 Å². The Morgan fingerprint density at radius 1 is 1.40 bits per heavy atom. The maximum absolute atomic E-state index is 8.58. The number of nitrogens with one attached hydrogen (secondary N) is 1. The van der Waals surface area contributed by atoms with Gasteiger partial charge in [-0.1, -0.05) is 18.2 Å². The number of aromatic amines is 1. The molecular formula is C12H13N3. The summed E-state index contributed by atoms with van der Waals surface area (Å²) in [7, 11) is 1.95. The second-order valence-electron chi connectivity index (χ2n) is 3.69. The van der Waals surface area contributed by atoms with Gasteiger partial charge in [0.1, 0.15) is 0 Å². The van der Waals surface area contributed by atoms with Gasteiger partial charge in [0.05, 0.1) is 12.6 Å². The summed E-state index contributed by atoms with van der Waals surface area (Å²) >= 11 is 0. The maximum Gasteiger partial charge on any atom is 0.0866 e. The molecule has 0 saturated carbocycles. The van der Waals surface area contributed by atoms with Crippen LogP contribution in [0.25, 0.3) is 10.9 Å². The van der Waals surface area contributed by atoms with Crippen LogP contribution in [0.4, 0.5) is 0 Å². The molecule has 3 heteroatoms. The Hall–Kier alpha value is -1.79. The minimum absolute atomic E-state index is 0.458. The highest BCUT2D eigenvalue weighted by Gasteiger charge is 2.05. The molecule has 0 saturated heterocycles. The average Bonchev–Trinajstić information content (AvgIpc) is 2.62. The van der Waals surface area contributed by atoms with Gasteiger partial charge in [0.15, 0.2) is 0 Å². The molecule has 1 aromatic carbocycles. The zero-order valence-electron chi connectivity index (χ0n) is 8.70. The summed E-state index contributed by atoms with van der Waals surface area (Å²) in [4.78, 5) is 5.22. The van der Waals surface area contributed by atoms with Gasteiger partial charge in [-0.2, -0.15) is 5.26 Å². The van der Waals surface area contributed by atoms with Gasteiger partial charge in [-0.25, -0.2) is 0 Å². The lowest BCUT2D eigenvalue weighted by Crippen LogP contribution is -2.17. The predicted octanol–water partition coefficient (Wildman–Crippen LogP) is 2.12. The van der Waals surface area contributed by atoms with Crippen LogP contribution in [0.1, 0.15) is 5.56 Å². The van der Waals surface area contributed by atoms with Crippen molar-refractivity contribution >= 4 is 10.9 Å². The van der Waals surface area contributed by atoms with Gasteiger partial charge < -0.3 is 4.98 Å². The number of nitriles is 1. The van der Waals surface area contributed by atoms with Crippen molar-refractivity contribution in [3.8, 4) is 6.07 Å². The second kappa shape index (κ2) is 4.16. The molecule has 3 nitrogen and oxygen atoms in total. The molecule has 2 aromatic rings. The lowest BCUT2D eigenvalue weighted by Gasteiger charge is -2.10. The summed E-state index contributed by atoms with van der Waals surface area (Å²) in [6.07, 6.45) is 2.01. The normalized spacial score (nSPS) is 10.7. The van der Waals surface area contributed by atoms with E-state index in [1.54, 1.807) is 0 Å². The molecule has 0 bridgehead atoms. The Bertz CT molecular complexity index is 493. The van der Waals surface area contributed by atoms with Gasteiger partial charge in [-0.15, -0.1) is 0 Å². The molecule has 2 rings (SSSR count). The van der Waals surface area contributed by atoms with Crippen molar-refractivity contribution < 1.29 is 0 Å². The first-order valence-electron chi connectivity index (χ1n) is 4.92. The molecular weight excluding hydrogens is 186 g/mol. The van der Waals surface area contributed by atoms with Crippen LogP contribution in [0.3, 0.4) is 0 Å². The van der Waals surface area contributed by atoms with E-state index in [1.807, 2.05) is 30.3 Å². The molecule has 76 valence electrons. The van der Waals surface area contributed by atoms with Crippen LogP contribution < -0.4 is 0 Å². The zero-order valence-corrected chi connectivity index (χ0v) is 8.70. The van der Waals surface area contributed by atoms with E-state index in [0.717, 1.165) is 12.1 Å². The van der Waals surface area contributed by atoms with Crippen LogP contribution in [0.5, 0.6) is 0 Å². The van der Waals surface area contributed by atoms with Crippen molar-refractivity contribution in [1.29, 1.82) is 5.26 Å². The highest BCUT2D eigenvalue weighted by Crippen LogP contribution is 2.18. The van der Waals surface area contributed by atoms with E-state index in [9.17, 15) is 0 Å². The van der Waals surface area contributed by atoms with Crippen LogP contribution in [-0.4, -0.2) is 23.5 Å². The molecule has 0 unspecified atom stereocenters. The highest BCUT2D eigenvalue weighted by molar-refractivity contribution is 5.82. The second-order valence-corrected chi connectivity index (χ2v) is 3.69. The first-order valence-corrected chi connectivity index (χ1v) is 4.92. The van der Waals surface area contributed by atoms with E-state index < -0.39 is 0 Å². The van der Waals surface area contributed by atoms with E-state index in [4.69, 9.17) is 5.26 Å². The number of nitrogens with zero attached hydrogens (tertiary/aromatic N) is 2. The Morgan fingerprint density at radius 2 is 2.20 bits per heavy atom. The van der Waals surface area contributed by atoms with Crippen molar-refractivity contribution in [2.45, 2.75) is 6.54 Å². The SMILES string of the molecule is CN(CC#N)Cc1c[nH]c2ccccc12. The number of rotatable bonds is 3. The zero-order chi connectivity index (χ0) is 10.7. The molecule has 0 fully saturated rings. The molecule has 1 heterocycles. The number of para-hydroxylation sites is 1. The monoisotopic (exact) mass is 199 g/mol. The third-order valence-electron chi connectivity index (χ3n) is 2.46. The number of fused-ring (bicyclic) bond motifs is 1. The Morgan fingerprint density at radius 3 is 3.00 bits per heavy atom. The van der Waals surface area contributed by atoms with E-state index >= 15 is 0 Å². The lowest BCUT2D eigenvalue weighted by molar-refractivity contribution is 0.369. The maximum atomic E-state index is 8.58. The third-order valence-corrected chi connectivity index (χ3v) is 2.46. The lowest BCUT2D eigenvalue weighted by atomic mass is 10.2. The number of aromatic nitrogens is 1. The van der Waals surface area contributed by atoms with E-state index in [2.05, 4.69) is 23.2 Å². The van der Waals surface area contributed by atoms with Crippen molar-refractivity contribution in [3.63, 3.8) is 0 Å². The van der Waals surface area contributed by atoms with Gasteiger partial charge in [0.25, 0.3) is 0 Å². The average molecular weight is 199 g/mol. The molecule has 0 atom stereocenters. The quantitative estimate of drug-likeness (QED) is 0.769. The van der Waals surface area contributed by atoms with Crippen LogP contribution in [0, 0.1) is 11.3 Å². The number of hydrogen-bond donors (Lipinski definition) is 1. The van der Waals surface area contributed by atoms with Crippen molar-refractivity contribution in [3.05, 3.63) is 36.0 Å². The fourth-order valence-corrected chi connectivity index (χ4v) is 1.73. The fraction of sp³-hybridized carbons (Fsp3) is 0.250. The summed E-state index contributed by atoms with van der Waals surface area (Å²) < 4.78 is 0. The van der Waals surface area contributed by atoms with E-state index in [1.165, 1.54) is 10.9 Å². The summed E-state index contributed by atoms with van der Waals surface area (Å²) in [5, 5.41) is 9.82. The first-order chi connectivity index (χ1) is 7.31. The predicted molar refractivity (Wildman–Crippen MR) is 60.2 cm³/mol. The molecule has 15 heavy (non-hydrogen) atoms. The number of H-pyrrole nitrogens is 1. The van der Waals surface area contributed by atoms with Crippen molar-refractivity contribution in [1.82, 2.24) is 9.88 Å². The van der Waals surface area contributed by atoms with Crippen molar-refractivity contribution in [2.24, 2.45) is 0 Å². The summed E-state index contributed by atoms with van der Waals surface area (Å²) in [5.41, 5.74) is 2.39. The Kier molecular flexibility index (Phi) is 2.70. The van der Waals surface area contributed by atoms with E-state index in [0.29, 0.717) is 6.54 Å². The molecule has 0 aliphatic carbocycles. The summed E-state index contributed by atoms with van der Waals surface area (Å²) in [5.74, 6) is 0. The molecule has 0 spiro atoms. The van der Waals surface area contributed by atoms with Gasteiger partial charge in [-0.05, 0) is 18.7 Å². The molecule has 0 amide bonds. The molecule has 0 radical (unpaired) electrons. The van der Waals surface area contributed by atoms with Crippen LogP contribution in [-0.2, 0) is 6.54 Å². The molecule has 1 aromatic heterocycles. The largest absolute Gasteiger partial charge is 0.361 e. The summed E-state index contributed by atoms with van der Waals surface area (Å²) in [6.45, 7) is 1.26. The smallest absolute Gasteiger partial charge is 0.0866 e. The first kappa shape index (κ1) is 9.75. The van der Waals surface area contributed by atoms with Crippen LogP contribution >= 0.6 is 0 Å². The standard InChI is InChI=1S/C12H13N3/c1-15(7-6-13)9-10-8-14-12-5-3-2-4-11(10)12/h2-5,8,14H,7,9H2,1H3. The fourth-order valence-electron chi connectivity index (χ4n) is 1.73. The molecule has 0 aliphatic heterocycles. The molecule has 0 aliphatic rings. The van der Waals surface area contributed by atoms with Crippen LogP contribution in [0.2, 0.25) is 0 Å². The third kappa shape index (κ3) is 2.00. The van der Waals surface area contributed by atoms with E-state index in [-0.39, 0.29) is 0 Å².